The molecule has 1 unspecified atom stereocenters. The Kier molecular flexibility index (Phi) is 4.76. The highest BCUT2D eigenvalue weighted by atomic mass is 19.4. The molecule has 0 radical (unpaired) electrons. The molecule has 7 nitrogen and oxygen atoms in total. The molecule has 0 bridgehead atoms. The Balaban J connectivity index is 2.08. The van der Waals surface area contributed by atoms with Gasteiger partial charge in [-0.1, -0.05) is 0 Å². The van der Waals surface area contributed by atoms with Gasteiger partial charge >= 0.3 is 12.1 Å². The van der Waals surface area contributed by atoms with Crippen molar-refractivity contribution in [3.63, 3.8) is 0 Å². The average molecular weight is 345 g/mol. The third-order valence-electron chi connectivity index (χ3n) is 3.66. The molecule has 0 saturated carbocycles. The summed E-state index contributed by atoms with van der Waals surface area (Å²) in [6.45, 7) is -1.44. The molecule has 2 heterocycles. The first-order chi connectivity index (χ1) is 11.1. The first kappa shape index (κ1) is 17.7. The Morgan fingerprint density at radius 1 is 1.42 bits per heavy atom. The second kappa shape index (κ2) is 6.46. The van der Waals surface area contributed by atoms with Crippen LogP contribution in [0, 0.1) is 0 Å². The zero-order valence-corrected chi connectivity index (χ0v) is 12.6. The zero-order valence-electron chi connectivity index (χ0n) is 12.6. The molecule has 2 amide bonds. The van der Waals surface area contributed by atoms with E-state index >= 15 is 0 Å². The highest BCUT2D eigenvalue weighted by Crippen LogP contribution is 2.23. The molecule has 2 rings (SSSR count). The minimum absolute atomic E-state index is 0.0877. The van der Waals surface area contributed by atoms with Gasteiger partial charge in [0.05, 0.1) is 5.56 Å². The first-order valence-corrected chi connectivity index (χ1v) is 6.92. The fourth-order valence-electron chi connectivity index (χ4n) is 2.42. The molecular weight excluding hydrogens is 331 g/mol. The van der Waals surface area contributed by atoms with E-state index in [0.717, 1.165) is 11.1 Å². The van der Waals surface area contributed by atoms with Crippen molar-refractivity contribution in [2.75, 3.05) is 20.1 Å². The Hall–Kier alpha value is -2.65. The summed E-state index contributed by atoms with van der Waals surface area (Å²) in [6, 6.07) is 1.37. The number of halogens is 3. The lowest BCUT2D eigenvalue weighted by Crippen LogP contribution is -2.45. The maximum absolute atomic E-state index is 12.4. The van der Waals surface area contributed by atoms with Crippen molar-refractivity contribution in [1.82, 2.24) is 14.8 Å². The number of carboxylic acid groups (broad SMARTS) is 1. The van der Waals surface area contributed by atoms with Crippen molar-refractivity contribution in [2.45, 2.75) is 18.6 Å². The normalized spacial score (nSPS) is 17.9. The van der Waals surface area contributed by atoms with Crippen LogP contribution >= 0.6 is 0 Å². The lowest BCUT2D eigenvalue weighted by atomic mass is 10.2. The smallest absolute Gasteiger partial charge is 0.406 e. The highest BCUT2D eigenvalue weighted by Gasteiger charge is 2.42. The van der Waals surface area contributed by atoms with Crippen molar-refractivity contribution in [3.8, 4) is 0 Å². The molecule has 1 aliphatic heterocycles. The molecule has 1 N–H and O–H groups in total. The maximum Gasteiger partial charge on any atom is 0.406 e. The van der Waals surface area contributed by atoms with Gasteiger partial charge in [0.15, 0.2) is 0 Å². The summed E-state index contributed by atoms with van der Waals surface area (Å²) in [6.07, 6.45) is -3.42. The summed E-state index contributed by atoms with van der Waals surface area (Å²) in [5.74, 6) is -2.65. The molecule has 1 aliphatic rings. The van der Waals surface area contributed by atoms with Gasteiger partial charge in [0.1, 0.15) is 18.3 Å². The highest BCUT2D eigenvalue weighted by molar-refractivity contribution is 5.97. The summed E-state index contributed by atoms with van der Waals surface area (Å²) in [7, 11) is 1.30. The van der Waals surface area contributed by atoms with Crippen LogP contribution in [0.3, 0.4) is 0 Å². The Bertz CT molecular complexity index is 660. The standard InChI is InChI=1S/C14H14F3N3O4/c1-19(10-4-5-20(12(10)22)7-14(15,16)17)11(21)9-3-2-8(6-18-9)13(23)24/h2-3,6,10H,4-5,7H2,1H3,(H,23,24). The van der Waals surface area contributed by atoms with Gasteiger partial charge in [-0.25, -0.2) is 4.79 Å². The summed E-state index contributed by atoms with van der Waals surface area (Å²) in [5, 5.41) is 8.78. The second-order valence-electron chi connectivity index (χ2n) is 5.33. The van der Waals surface area contributed by atoms with Crippen LogP contribution in [0.4, 0.5) is 13.2 Å². The van der Waals surface area contributed by atoms with Crippen LogP contribution in [0.15, 0.2) is 18.3 Å². The van der Waals surface area contributed by atoms with Crippen LogP contribution in [0.2, 0.25) is 0 Å². The zero-order chi connectivity index (χ0) is 18.1. The monoisotopic (exact) mass is 345 g/mol. The van der Waals surface area contributed by atoms with E-state index in [0.29, 0.717) is 4.90 Å². The molecule has 1 aromatic rings. The number of amides is 2. The minimum Gasteiger partial charge on any atom is -0.478 e. The SMILES string of the molecule is CN(C(=O)c1ccc(C(=O)O)cn1)C1CCN(CC(F)(F)F)C1=O. The summed E-state index contributed by atoms with van der Waals surface area (Å²) < 4.78 is 37.2. The van der Waals surface area contributed by atoms with Gasteiger partial charge in [0.2, 0.25) is 5.91 Å². The predicted octanol–water partition coefficient (Wildman–Crippen LogP) is 1.01. The van der Waals surface area contributed by atoms with Gasteiger partial charge in [0, 0.05) is 19.8 Å². The molecule has 10 heteroatoms. The number of carbonyl (C=O) groups is 3. The Morgan fingerprint density at radius 2 is 2.08 bits per heavy atom. The summed E-state index contributed by atoms with van der Waals surface area (Å²) >= 11 is 0. The molecular formula is C14H14F3N3O4. The third-order valence-corrected chi connectivity index (χ3v) is 3.66. The van der Waals surface area contributed by atoms with Crippen LogP contribution in [-0.4, -0.2) is 70.0 Å². The van der Waals surface area contributed by atoms with Gasteiger partial charge < -0.3 is 14.9 Å². The van der Waals surface area contributed by atoms with E-state index < -0.39 is 36.5 Å². The number of aromatic nitrogens is 1. The Labute approximate surface area is 134 Å². The fourth-order valence-corrected chi connectivity index (χ4v) is 2.42. The number of rotatable bonds is 4. The van der Waals surface area contributed by atoms with Crippen molar-refractivity contribution in [2.24, 2.45) is 0 Å². The van der Waals surface area contributed by atoms with E-state index in [-0.39, 0.29) is 24.2 Å². The number of carbonyl (C=O) groups excluding carboxylic acids is 2. The number of aromatic carboxylic acids is 1. The molecule has 0 spiro atoms. The van der Waals surface area contributed by atoms with E-state index in [9.17, 15) is 27.6 Å². The molecule has 24 heavy (non-hydrogen) atoms. The number of carboxylic acids is 1. The predicted molar refractivity (Wildman–Crippen MR) is 74.3 cm³/mol. The third kappa shape index (κ3) is 3.81. The molecule has 0 aromatic carbocycles. The van der Waals surface area contributed by atoms with E-state index in [1.165, 1.54) is 19.2 Å². The Morgan fingerprint density at radius 3 is 2.58 bits per heavy atom. The number of likely N-dealkylation sites (tertiary alicyclic amines) is 1. The van der Waals surface area contributed by atoms with Crippen molar-refractivity contribution < 1.29 is 32.7 Å². The van der Waals surface area contributed by atoms with Crippen LogP contribution < -0.4 is 0 Å². The lowest BCUT2D eigenvalue weighted by molar-refractivity contribution is -0.158. The largest absolute Gasteiger partial charge is 0.478 e. The minimum atomic E-state index is -4.50. The molecule has 1 fully saturated rings. The molecule has 1 saturated heterocycles. The number of alkyl halides is 3. The molecule has 1 atom stereocenters. The van der Waals surface area contributed by atoms with Crippen LogP contribution in [0.25, 0.3) is 0 Å². The van der Waals surface area contributed by atoms with Gasteiger partial charge in [-0.05, 0) is 18.6 Å². The van der Waals surface area contributed by atoms with Crippen LogP contribution in [0.1, 0.15) is 27.3 Å². The van der Waals surface area contributed by atoms with Crippen molar-refractivity contribution >= 4 is 17.8 Å². The quantitative estimate of drug-likeness (QED) is 0.880. The number of hydrogen-bond donors (Lipinski definition) is 1. The van der Waals surface area contributed by atoms with E-state index in [4.69, 9.17) is 5.11 Å². The van der Waals surface area contributed by atoms with Crippen LogP contribution in [-0.2, 0) is 4.79 Å². The maximum atomic E-state index is 12.4. The van der Waals surface area contributed by atoms with Gasteiger partial charge in [-0.2, -0.15) is 13.2 Å². The fraction of sp³-hybridized carbons (Fsp3) is 0.429. The summed E-state index contributed by atoms with van der Waals surface area (Å²) in [4.78, 5) is 40.5. The number of likely N-dealkylation sites (N-methyl/N-ethyl adjacent to an activating group) is 1. The number of nitrogens with zero attached hydrogens (tertiary/aromatic N) is 3. The number of hydrogen-bond acceptors (Lipinski definition) is 4. The second-order valence-corrected chi connectivity index (χ2v) is 5.33. The topological polar surface area (TPSA) is 90.8 Å². The van der Waals surface area contributed by atoms with E-state index in [2.05, 4.69) is 4.98 Å². The molecule has 0 aliphatic carbocycles. The summed E-state index contributed by atoms with van der Waals surface area (Å²) in [5.41, 5.74) is -0.202. The molecule has 1 aromatic heterocycles. The van der Waals surface area contributed by atoms with Crippen molar-refractivity contribution in [3.05, 3.63) is 29.6 Å². The lowest BCUT2D eigenvalue weighted by Gasteiger charge is -2.24. The van der Waals surface area contributed by atoms with Crippen LogP contribution in [0.5, 0.6) is 0 Å². The van der Waals surface area contributed by atoms with E-state index in [1.54, 1.807) is 0 Å². The average Bonchev–Trinajstić information content (AvgIpc) is 2.85. The van der Waals surface area contributed by atoms with Crippen molar-refractivity contribution in [1.29, 1.82) is 0 Å². The first-order valence-electron chi connectivity index (χ1n) is 6.92. The van der Waals surface area contributed by atoms with Gasteiger partial charge in [-0.15, -0.1) is 0 Å². The number of pyridine rings is 1. The molecule has 130 valence electrons. The van der Waals surface area contributed by atoms with Gasteiger partial charge in [0.25, 0.3) is 5.91 Å². The van der Waals surface area contributed by atoms with Gasteiger partial charge in [-0.3, -0.25) is 14.6 Å². The van der Waals surface area contributed by atoms with E-state index in [1.807, 2.05) is 0 Å².